The molecule has 1 aromatic heterocycles. The van der Waals surface area contributed by atoms with Gasteiger partial charge in [-0.2, -0.15) is 5.26 Å². The number of nitrogens with zero attached hydrogens (tertiary/aromatic N) is 5. The van der Waals surface area contributed by atoms with E-state index in [1.54, 1.807) is 41.3 Å². The number of fused-ring (bicyclic) bond motifs is 1. The fourth-order valence-corrected chi connectivity index (χ4v) is 4.10. The van der Waals surface area contributed by atoms with Crippen LogP contribution in [0.2, 0.25) is 0 Å². The van der Waals surface area contributed by atoms with Crippen molar-refractivity contribution >= 4 is 22.6 Å². The Kier molecular flexibility index (Phi) is 6.43. The molecule has 1 aliphatic heterocycles. The Morgan fingerprint density at radius 2 is 1.85 bits per heavy atom. The van der Waals surface area contributed by atoms with Crippen molar-refractivity contribution in [3.05, 3.63) is 48.0 Å². The Hall–Kier alpha value is -3.70. The SMILES string of the molecule is CC(C)C[C@@H](O)C(=O)N1CCN(c2nc(-c3ccccc3O)nc3ccc(C#N)cc23)CC1. The number of anilines is 1. The van der Waals surface area contributed by atoms with Crippen LogP contribution in [-0.2, 0) is 4.79 Å². The molecule has 0 unspecified atom stereocenters. The van der Waals surface area contributed by atoms with E-state index in [-0.39, 0.29) is 17.6 Å². The highest BCUT2D eigenvalue weighted by Gasteiger charge is 2.28. The molecular formula is C25H27N5O3. The Balaban J connectivity index is 1.66. The summed E-state index contributed by atoms with van der Waals surface area (Å²) in [7, 11) is 0. The van der Waals surface area contributed by atoms with Gasteiger partial charge in [-0.15, -0.1) is 0 Å². The summed E-state index contributed by atoms with van der Waals surface area (Å²) in [6.45, 7) is 5.94. The summed E-state index contributed by atoms with van der Waals surface area (Å²) < 4.78 is 0. The second-order valence-electron chi connectivity index (χ2n) is 8.69. The van der Waals surface area contributed by atoms with E-state index in [1.807, 2.05) is 19.9 Å². The highest BCUT2D eigenvalue weighted by atomic mass is 16.3. The van der Waals surface area contributed by atoms with Crippen molar-refractivity contribution in [2.45, 2.75) is 26.4 Å². The molecule has 1 fully saturated rings. The molecule has 170 valence electrons. The minimum absolute atomic E-state index is 0.0889. The van der Waals surface area contributed by atoms with E-state index in [4.69, 9.17) is 4.98 Å². The molecule has 1 amide bonds. The van der Waals surface area contributed by atoms with Gasteiger partial charge < -0.3 is 20.0 Å². The van der Waals surface area contributed by atoms with E-state index in [2.05, 4.69) is 16.0 Å². The van der Waals surface area contributed by atoms with Crippen molar-refractivity contribution in [3.8, 4) is 23.2 Å². The van der Waals surface area contributed by atoms with Gasteiger partial charge in [-0.3, -0.25) is 4.79 Å². The first-order valence-electron chi connectivity index (χ1n) is 11.1. The maximum atomic E-state index is 12.6. The number of nitriles is 1. The van der Waals surface area contributed by atoms with Crippen LogP contribution in [0.25, 0.3) is 22.3 Å². The summed E-state index contributed by atoms with van der Waals surface area (Å²) in [6, 6.07) is 14.3. The summed E-state index contributed by atoms with van der Waals surface area (Å²) in [4.78, 5) is 25.8. The topological polar surface area (TPSA) is 114 Å². The first kappa shape index (κ1) is 22.5. The standard InChI is InChI=1S/C25H27N5O3/c1-16(2)13-22(32)25(33)30-11-9-29(10-12-30)24-19-14-17(15-26)7-8-20(19)27-23(28-24)18-5-3-4-6-21(18)31/h3-8,14,16,22,31-32H,9-13H2,1-2H3/t22-/m1/s1. The van der Waals surface area contributed by atoms with Gasteiger partial charge in [-0.1, -0.05) is 26.0 Å². The fraction of sp³-hybridized carbons (Fsp3) is 0.360. The molecule has 0 radical (unpaired) electrons. The van der Waals surface area contributed by atoms with Crippen LogP contribution in [0.5, 0.6) is 5.75 Å². The minimum Gasteiger partial charge on any atom is -0.507 e. The van der Waals surface area contributed by atoms with Crippen LogP contribution in [0.1, 0.15) is 25.8 Å². The number of hydrogen-bond acceptors (Lipinski definition) is 7. The summed E-state index contributed by atoms with van der Waals surface area (Å²) in [5.74, 6) is 1.14. The number of benzene rings is 2. The van der Waals surface area contributed by atoms with Gasteiger partial charge in [-0.05, 0) is 42.7 Å². The lowest BCUT2D eigenvalue weighted by Crippen LogP contribution is -2.52. The lowest BCUT2D eigenvalue weighted by Gasteiger charge is -2.37. The maximum Gasteiger partial charge on any atom is 0.251 e. The summed E-state index contributed by atoms with van der Waals surface area (Å²) in [5.41, 5.74) is 1.70. The van der Waals surface area contributed by atoms with Crippen LogP contribution in [0.15, 0.2) is 42.5 Å². The molecule has 1 saturated heterocycles. The van der Waals surface area contributed by atoms with Crippen molar-refractivity contribution in [2.24, 2.45) is 5.92 Å². The third-order valence-corrected chi connectivity index (χ3v) is 5.82. The molecule has 3 aromatic rings. The number of phenolic OH excluding ortho intramolecular Hbond substituents is 1. The number of rotatable bonds is 5. The van der Waals surface area contributed by atoms with Gasteiger partial charge in [0.15, 0.2) is 5.82 Å². The van der Waals surface area contributed by atoms with Crippen LogP contribution in [-0.4, -0.2) is 63.3 Å². The fourth-order valence-electron chi connectivity index (χ4n) is 4.10. The Morgan fingerprint density at radius 3 is 2.52 bits per heavy atom. The lowest BCUT2D eigenvalue weighted by molar-refractivity contribution is -0.141. The number of para-hydroxylation sites is 1. The van der Waals surface area contributed by atoms with Crippen molar-refractivity contribution in [3.63, 3.8) is 0 Å². The summed E-state index contributed by atoms with van der Waals surface area (Å²) in [6.07, 6.45) is -0.543. The Morgan fingerprint density at radius 1 is 1.12 bits per heavy atom. The minimum atomic E-state index is -0.984. The summed E-state index contributed by atoms with van der Waals surface area (Å²) >= 11 is 0. The van der Waals surface area contributed by atoms with E-state index in [0.717, 1.165) is 5.39 Å². The molecule has 0 bridgehead atoms. The highest BCUT2D eigenvalue weighted by molar-refractivity contribution is 5.92. The number of aromatic nitrogens is 2. The van der Waals surface area contributed by atoms with Gasteiger partial charge in [0.2, 0.25) is 0 Å². The summed E-state index contributed by atoms with van der Waals surface area (Å²) in [5, 5.41) is 30.7. The third-order valence-electron chi connectivity index (χ3n) is 5.82. The van der Waals surface area contributed by atoms with Crippen LogP contribution in [0.3, 0.4) is 0 Å². The zero-order valence-electron chi connectivity index (χ0n) is 18.8. The smallest absolute Gasteiger partial charge is 0.251 e. The molecule has 1 aliphatic rings. The first-order chi connectivity index (χ1) is 15.9. The zero-order chi connectivity index (χ0) is 23.5. The molecule has 0 aliphatic carbocycles. The molecule has 8 nitrogen and oxygen atoms in total. The number of hydrogen-bond donors (Lipinski definition) is 2. The quantitative estimate of drug-likeness (QED) is 0.621. The van der Waals surface area contributed by atoms with E-state index in [9.17, 15) is 20.3 Å². The number of carbonyl (C=O) groups is 1. The number of aromatic hydroxyl groups is 1. The van der Waals surface area contributed by atoms with Crippen LogP contribution in [0.4, 0.5) is 5.82 Å². The van der Waals surface area contributed by atoms with Gasteiger partial charge in [0.25, 0.3) is 5.91 Å². The molecule has 1 atom stereocenters. The average Bonchev–Trinajstić information content (AvgIpc) is 2.82. The van der Waals surface area contributed by atoms with Gasteiger partial charge >= 0.3 is 0 Å². The second kappa shape index (κ2) is 9.43. The van der Waals surface area contributed by atoms with Crippen molar-refractivity contribution in [1.82, 2.24) is 14.9 Å². The monoisotopic (exact) mass is 445 g/mol. The normalized spacial score (nSPS) is 15.0. The van der Waals surface area contributed by atoms with Crippen molar-refractivity contribution in [1.29, 1.82) is 5.26 Å². The Labute approximate surface area is 192 Å². The molecule has 0 spiro atoms. The molecule has 8 heteroatoms. The largest absolute Gasteiger partial charge is 0.507 e. The number of aliphatic hydroxyl groups excluding tert-OH is 1. The van der Waals surface area contributed by atoms with Crippen LogP contribution < -0.4 is 4.90 Å². The number of amides is 1. The van der Waals surface area contributed by atoms with Gasteiger partial charge in [-0.25, -0.2) is 9.97 Å². The van der Waals surface area contributed by atoms with E-state index in [1.165, 1.54) is 0 Å². The van der Waals surface area contributed by atoms with Crippen molar-refractivity contribution in [2.75, 3.05) is 31.1 Å². The Bertz CT molecular complexity index is 1210. The van der Waals surface area contributed by atoms with E-state index < -0.39 is 6.10 Å². The molecule has 2 N–H and O–H groups in total. The predicted octanol–water partition coefficient (Wildman–Crippen LogP) is 2.93. The number of piperazine rings is 1. The van der Waals surface area contributed by atoms with Gasteiger partial charge in [0, 0.05) is 31.6 Å². The van der Waals surface area contributed by atoms with E-state index in [0.29, 0.717) is 60.9 Å². The van der Waals surface area contributed by atoms with Crippen LogP contribution >= 0.6 is 0 Å². The number of aliphatic hydroxyl groups is 1. The molecule has 0 saturated carbocycles. The van der Waals surface area contributed by atoms with Gasteiger partial charge in [0.05, 0.1) is 22.7 Å². The predicted molar refractivity (Wildman–Crippen MR) is 126 cm³/mol. The number of carbonyl (C=O) groups excluding carboxylic acids is 1. The third kappa shape index (κ3) is 4.73. The zero-order valence-corrected chi connectivity index (χ0v) is 18.8. The second-order valence-corrected chi connectivity index (χ2v) is 8.69. The number of phenols is 1. The lowest BCUT2D eigenvalue weighted by atomic mass is 10.0. The van der Waals surface area contributed by atoms with Gasteiger partial charge in [0.1, 0.15) is 17.7 Å². The average molecular weight is 446 g/mol. The van der Waals surface area contributed by atoms with Crippen LogP contribution in [0, 0.1) is 17.2 Å². The molecule has 4 rings (SSSR count). The first-order valence-corrected chi connectivity index (χ1v) is 11.1. The molecule has 2 heterocycles. The van der Waals surface area contributed by atoms with Crippen molar-refractivity contribution < 1.29 is 15.0 Å². The molecular weight excluding hydrogens is 418 g/mol. The molecule has 33 heavy (non-hydrogen) atoms. The highest BCUT2D eigenvalue weighted by Crippen LogP contribution is 2.32. The molecule has 2 aromatic carbocycles. The van der Waals surface area contributed by atoms with E-state index >= 15 is 0 Å². The maximum absolute atomic E-state index is 12.6.